The summed E-state index contributed by atoms with van der Waals surface area (Å²) in [4.78, 5) is 2.54. The maximum absolute atomic E-state index is 3.83. The van der Waals surface area contributed by atoms with Gasteiger partial charge in [0.2, 0.25) is 0 Å². The van der Waals surface area contributed by atoms with E-state index in [1.165, 1.54) is 51.4 Å². The second-order valence-corrected chi connectivity index (χ2v) is 8.12. The number of rotatable bonds is 6. The van der Waals surface area contributed by atoms with Gasteiger partial charge in [0, 0.05) is 11.6 Å². The van der Waals surface area contributed by atoms with Gasteiger partial charge in [-0.25, -0.2) is 0 Å². The molecule has 1 saturated carbocycles. The maximum Gasteiger partial charge on any atom is 0.0356 e. The van der Waals surface area contributed by atoms with Gasteiger partial charge in [0.1, 0.15) is 0 Å². The van der Waals surface area contributed by atoms with Crippen LogP contribution in [0.25, 0.3) is 0 Å². The number of hydrogen-bond acceptors (Lipinski definition) is 2. The largest absolute Gasteiger partial charge is 0.312 e. The fourth-order valence-electron chi connectivity index (χ4n) is 3.83. The molecule has 1 fully saturated rings. The Hall–Kier alpha value is -0.0800. The molecule has 0 heterocycles. The van der Waals surface area contributed by atoms with E-state index in [1.807, 2.05) is 0 Å². The molecule has 120 valence electrons. The van der Waals surface area contributed by atoms with Crippen molar-refractivity contribution < 1.29 is 0 Å². The molecular formula is C18H38N2. The summed E-state index contributed by atoms with van der Waals surface area (Å²) in [6.45, 7) is 10.4. The van der Waals surface area contributed by atoms with E-state index in [2.05, 4.69) is 52.0 Å². The van der Waals surface area contributed by atoms with E-state index in [1.54, 1.807) is 0 Å². The number of nitrogens with one attached hydrogen (secondary N) is 1. The van der Waals surface area contributed by atoms with Gasteiger partial charge in [-0.1, -0.05) is 53.4 Å². The lowest BCUT2D eigenvalue weighted by Gasteiger charge is -2.47. The summed E-state index contributed by atoms with van der Waals surface area (Å²) in [5.74, 6) is 0. The Bertz CT molecular complexity index is 257. The highest BCUT2D eigenvalue weighted by Gasteiger charge is 2.40. The highest BCUT2D eigenvalue weighted by molar-refractivity contribution is 5.00. The minimum atomic E-state index is 0.373. The van der Waals surface area contributed by atoms with Crippen molar-refractivity contribution in [2.75, 3.05) is 20.6 Å². The predicted octanol–water partition coefficient (Wildman–Crippen LogP) is 4.45. The molecule has 0 bridgehead atoms. The zero-order chi connectivity index (χ0) is 15.2. The Kier molecular flexibility index (Phi) is 7.00. The second kappa shape index (κ2) is 7.79. The Balaban J connectivity index is 2.86. The Labute approximate surface area is 127 Å². The van der Waals surface area contributed by atoms with E-state index < -0.39 is 0 Å². The summed E-state index contributed by atoms with van der Waals surface area (Å²) < 4.78 is 0. The summed E-state index contributed by atoms with van der Waals surface area (Å²) >= 11 is 0. The van der Waals surface area contributed by atoms with Crippen LogP contribution in [0.15, 0.2) is 0 Å². The molecule has 0 aliphatic heterocycles. The highest BCUT2D eigenvalue weighted by Crippen LogP contribution is 2.37. The van der Waals surface area contributed by atoms with Gasteiger partial charge in [-0.2, -0.15) is 0 Å². The topological polar surface area (TPSA) is 15.3 Å². The Morgan fingerprint density at radius 1 is 1.05 bits per heavy atom. The van der Waals surface area contributed by atoms with Crippen LogP contribution in [0.4, 0.5) is 0 Å². The molecule has 2 nitrogen and oxygen atoms in total. The molecule has 20 heavy (non-hydrogen) atoms. The molecule has 1 N–H and O–H groups in total. The Morgan fingerprint density at radius 2 is 1.60 bits per heavy atom. The van der Waals surface area contributed by atoms with Crippen molar-refractivity contribution in [2.24, 2.45) is 5.41 Å². The fourth-order valence-corrected chi connectivity index (χ4v) is 3.83. The average molecular weight is 283 g/mol. The molecule has 1 atom stereocenters. The van der Waals surface area contributed by atoms with Crippen molar-refractivity contribution in [3.05, 3.63) is 0 Å². The molecule has 0 radical (unpaired) electrons. The summed E-state index contributed by atoms with van der Waals surface area (Å²) in [6, 6.07) is 0.639. The van der Waals surface area contributed by atoms with Crippen LogP contribution >= 0.6 is 0 Å². The molecule has 0 saturated heterocycles. The molecule has 0 amide bonds. The zero-order valence-corrected chi connectivity index (χ0v) is 14.9. The molecule has 0 aromatic heterocycles. The van der Waals surface area contributed by atoms with Crippen LogP contribution in [0, 0.1) is 5.41 Å². The monoisotopic (exact) mass is 282 g/mol. The van der Waals surface area contributed by atoms with E-state index in [-0.39, 0.29) is 0 Å². The van der Waals surface area contributed by atoms with Crippen LogP contribution in [-0.2, 0) is 0 Å². The van der Waals surface area contributed by atoms with Gasteiger partial charge in [-0.3, -0.25) is 0 Å². The quantitative estimate of drug-likeness (QED) is 0.724. The van der Waals surface area contributed by atoms with E-state index in [0.29, 0.717) is 17.0 Å². The van der Waals surface area contributed by atoms with E-state index in [4.69, 9.17) is 0 Å². The van der Waals surface area contributed by atoms with Crippen LogP contribution in [0.1, 0.15) is 79.1 Å². The summed E-state index contributed by atoms with van der Waals surface area (Å²) in [7, 11) is 4.60. The second-order valence-electron chi connectivity index (χ2n) is 8.12. The first-order chi connectivity index (χ1) is 9.32. The van der Waals surface area contributed by atoms with E-state index >= 15 is 0 Å². The SMILES string of the molecule is CCNC(CCC(C)(C)C)C1(N(C)C)CCCCCC1. The summed E-state index contributed by atoms with van der Waals surface area (Å²) in [5.41, 5.74) is 0.809. The third-order valence-corrected chi connectivity index (χ3v) is 5.14. The molecular weight excluding hydrogens is 244 g/mol. The lowest BCUT2D eigenvalue weighted by Crippen LogP contribution is -2.59. The van der Waals surface area contributed by atoms with E-state index in [9.17, 15) is 0 Å². The molecule has 1 aliphatic carbocycles. The van der Waals surface area contributed by atoms with E-state index in [0.717, 1.165) is 6.54 Å². The normalized spacial score (nSPS) is 21.8. The minimum Gasteiger partial charge on any atom is -0.312 e. The molecule has 2 heteroatoms. The fraction of sp³-hybridized carbons (Fsp3) is 1.00. The number of nitrogens with zero attached hydrogens (tertiary/aromatic N) is 1. The molecule has 1 aliphatic rings. The lowest BCUT2D eigenvalue weighted by atomic mass is 9.76. The van der Waals surface area contributed by atoms with Crippen LogP contribution in [0.2, 0.25) is 0 Å². The lowest BCUT2D eigenvalue weighted by molar-refractivity contribution is 0.0714. The zero-order valence-electron chi connectivity index (χ0n) is 14.9. The van der Waals surface area contributed by atoms with Crippen LogP contribution < -0.4 is 5.32 Å². The van der Waals surface area contributed by atoms with Crippen molar-refractivity contribution in [1.82, 2.24) is 10.2 Å². The highest BCUT2D eigenvalue weighted by atomic mass is 15.2. The van der Waals surface area contributed by atoms with Gasteiger partial charge >= 0.3 is 0 Å². The minimum absolute atomic E-state index is 0.373. The molecule has 0 spiro atoms. The van der Waals surface area contributed by atoms with Gasteiger partial charge in [0.25, 0.3) is 0 Å². The first kappa shape index (κ1) is 18.0. The van der Waals surface area contributed by atoms with Gasteiger partial charge < -0.3 is 10.2 Å². The molecule has 1 rings (SSSR count). The maximum atomic E-state index is 3.83. The molecule has 0 aromatic rings. The number of hydrogen-bond donors (Lipinski definition) is 1. The standard InChI is InChI=1S/C18H38N2/c1-7-19-16(12-15-17(2,3)4)18(20(5)6)13-10-8-9-11-14-18/h16,19H,7-15H2,1-6H3. The van der Waals surface area contributed by atoms with Crippen LogP contribution in [0.3, 0.4) is 0 Å². The van der Waals surface area contributed by atoms with Crippen LogP contribution in [0.5, 0.6) is 0 Å². The number of likely N-dealkylation sites (N-methyl/N-ethyl adjacent to an activating group) is 2. The van der Waals surface area contributed by atoms with Gasteiger partial charge in [-0.05, 0) is 51.7 Å². The molecule has 0 aromatic carbocycles. The van der Waals surface area contributed by atoms with Gasteiger partial charge in [0.05, 0.1) is 0 Å². The summed E-state index contributed by atoms with van der Waals surface area (Å²) in [5, 5.41) is 3.83. The molecule has 1 unspecified atom stereocenters. The van der Waals surface area contributed by atoms with Crippen molar-refractivity contribution in [2.45, 2.75) is 90.6 Å². The van der Waals surface area contributed by atoms with Crippen LogP contribution in [-0.4, -0.2) is 37.1 Å². The third kappa shape index (κ3) is 5.04. The average Bonchev–Trinajstić information content (AvgIpc) is 2.59. The smallest absolute Gasteiger partial charge is 0.0356 e. The summed E-state index contributed by atoms with van der Waals surface area (Å²) in [6.07, 6.45) is 11.0. The first-order valence-corrected chi connectivity index (χ1v) is 8.72. The van der Waals surface area contributed by atoms with Crippen molar-refractivity contribution in [3.8, 4) is 0 Å². The van der Waals surface area contributed by atoms with Gasteiger partial charge in [0.15, 0.2) is 0 Å². The van der Waals surface area contributed by atoms with Crippen molar-refractivity contribution >= 4 is 0 Å². The van der Waals surface area contributed by atoms with Crippen molar-refractivity contribution in [3.63, 3.8) is 0 Å². The first-order valence-electron chi connectivity index (χ1n) is 8.72. The Morgan fingerprint density at radius 3 is 2.00 bits per heavy atom. The third-order valence-electron chi connectivity index (χ3n) is 5.14. The predicted molar refractivity (Wildman–Crippen MR) is 90.3 cm³/mol. The van der Waals surface area contributed by atoms with Gasteiger partial charge in [-0.15, -0.1) is 0 Å². The van der Waals surface area contributed by atoms with Crippen molar-refractivity contribution in [1.29, 1.82) is 0 Å².